The summed E-state index contributed by atoms with van der Waals surface area (Å²) in [6.07, 6.45) is 2.39. The Hall–Kier alpha value is -2.59. The molecule has 0 aliphatic carbocycles. The SMILES string of the molecule is C=CCN1CCN(Cc2ccc(N(C)c3ccccc3)cc2)CCC1=O. The molecule has 0 unspecified atom stereocenters. The lowest BCUT2D eigenvalue weighted by molar-refractivity contribution is -0.129. The quantitative estimate of drug-likeness (QED) is 0.745. The Labute approximate surface area is 156 Å². The van der Waals surface area contributed by atoms with Gasteiger partial charge in [0.15, 0.2) is 0 Å². The fourth-order valence-corrected chi connectivity index (χ4v) is 3.30. The Balaban J connectivity index is 1.61. The van der Waals surface area contributed by atoms with Gasteiger partial charge in [0.2, 0.25) is 5.91 Å². The molecule has 1 amide bonds. The maximum atomic E-state index is 12.1. The molecule has 0 spiro atoms. The first-order valence-electron chi connectivity index (χ1n) is 9.16. The highest BCUT2D eigenvalue weighted by Gasteiger charge is 2.19. The molecular formula is C22H27N3O. The second-order valence-electron chi connectivity index (χ2n) is 6.72. The fraction of sp³-hybridized carbons (Fsp3) is 0.318. The molecule has 0 N–H and O–H groups in total. The Bertz CT molecular complexity index is 727. The number of benzene rings is 2. The Morgan fingerprint density at radius 1 is 1.00 bits per heavy atom. The summed E-state index contributed by atoms with van der Waals surface area (Å²) in [5.74, 6) is 0.229. The normalized spacial score (nSPS) is 15.6. The van der Waals surface area contributed by atoms with E-state index >= 15 is 0 Å². The molecule has 2 aromatic rings. The van der Waals surface area contributed by atoms with Gasteiger partial charge in [-0.05, 0) is 29.8 Å². The molecule has 1 aliphatic rings. The average Bonchev–Trinajstić information content (AvgIpc) is 2.85. The zero-order chi connectivity index (χ0) is 18.4. The number of carbonyl (C=O) groups excluding carboxylic acids is 1. The topological polar surface area (TPSA) is 26.8 Å². The van der Waals surface area contributed by atoms with Gasteiger partial charge in [0.25, 0.3) is 0 Å². The molecule has 1 saturated heterocycles. The van der Waals surface area contributed by atoms with E-state index in [1.54, 1.807) is 6.08 Å². The van der Waals surface area contributed by atoms with Gasteiger partial charge < -0.3 is 9.80 Å². The maximum Gasteiger partial charge on any atom is 0.224 e. The highest BCUT2D eigenvalue weighted by Crippen LogP contribution is 2.23. The third-order valence-electron chi connectivity index (χ3n) is 4.90. The van der Waals surface area contributed by atoms with Crippen molar-refractivity contribution >= 4 is 17.3 Å². The van der Waals surface area contributed by atoms with E-state index < -0.39 is 0 Å². The van der Waals surface area contributed by atoms with Crippen molar-refractivity contribution in [3.8, 4) is 0 Å². The van der Waals surface area contributed by atoms with Crippen LogP contribution in [-0.2, 0) is 11.3 Å². The molecule has 1 fully saturated rings. The molecule has 4 nitrogen and oxygen atoms in total. The van der Waals surface area contributed by atoms with Gasteiger partial charge in [-0.1, -0.05) is 36.4 Å². The van der Waals surface area contributed by atoms with Crippen molar-refractivity contribution in [1.82, 2.24) is 9.80 Å². The van der Waals surface area contributed by atoms with Crippen LogP contribution in [0.2, 0.25) is 0 Å². The van der Waals surface area contributed by atoms with Gasteiger partial charge in [0.05, 0.1) is 0 Å². The van der Waals surface area contributed by atoms with Gasteiger partial charge >= 0.3 is 0 Å². The lowest BCUT2D eigenvalue weighted by atomic mass is 10.1. The third-order valence-corrected chi connectivity index (χ3v) is 4.90. The lowest BCUT2D eigenvalue weighted by Gasteiger charge is -2.22. The maximum absolute atomic E-state index is 12.1. The largest absolute Gasteiger partial charge is 0.345 e. The van der Waals surface area contributed by atoms with Crippen molar-refractivity contribution in [2.75, 3.05) is 38.1 Å². The zero-order valence-electron chi connectivity index (χ0n) is 15.5. The van der Waals surface area contributed by atoms with Gasteiger partial charge in [-0.2, -0.15) is 0 Å². The van der Waals surface area contributed by atoms with Crippen LogP contribution in [0.15, 0.2) is 67.3 Å². The standard InChI is InChI=1S/C22H27N3O/c1-3-14-25-17-16-24(15-13-22(25)26)18-19-9-11-21(12-10-19)23(2)20-7-5-4-6-8-20/h3-12H,1,13-18H2,2H3. The molecule has 0 saturated carbocycles. The van der Waals surface area contributed by atoms with Crippen molar-refractivity contribution < 1.29 is 4.79 Å². The summed E-state index contributed by atoms with van der Waals surface area (Å²) in [6.45, 7) is 7.77. The highest BCUT2D eigenvalue weighted by atomic mass is 16.2. The van der Waals surface area contributed by atoms with Crippen LogP contribution in [-0.4, -0.2) is 48.9 Å². The second kappa shape index (κ2) is 8.68. The van der Waals surface area contributed by atoms with Crippen molar-refractivity contribution in [3.05, 3.63) is 72.8 Å². The number of hydrogen-bond acceptors (Lipinski definition) is 3. The molecule has 0 bridgehead atoms. The molecular weight excluding hydrogens is 322 g/mol. The number of amides is 1. The molecule has 2 aromatic carbocycles. The van der Waals surface area contributed by atoms with E-state index in [1.165, 1.54) is 16.9 Å². The summed E-state index contributed by atoms with van der Waals surface area (Å²) in [6, 6.07) is 19.0. The van der Waals surface area contributed by atoms with E-state index in [0.29, 0.717) is 13.0 Å². The van der Waals surface area contributed by atoms with E-state index in [0.717, 1.165) is 26.2 Å². The summed E-state index contributed by atoms with van der Waals surface area (Å²) in [4.78, 5) is 18.5. The molecule has 4 heteroatoms. The lowest BCUT2D eigenvalue weighted by Crippen LogP contribution is -2.33. The van der Waals surface area contributed by atoms with Crippen LogP contribution < -0.4 is 4.90 Å². The van der Waals surface area contributed by atoms with Crippen LogP contribution in [0.25, 0.3) is 0 Å². The summed E-state index contributed by atoms with van der Waals surface area (Å²) < 4.78 is 0. The van der Waals surface area contributed by atoms with Gasteiger partial charge in [-0.15, -0.1) is 6.58 Å². The third kappa shape index (κ3) is 4.52. The molecule has 136 valence electrons. The Kier molecular flexibility index (Phi) is 6.08. The molecule has 0 aromatic heterocycles. The van der Waals surface area contributed by atoms with Crippen molar-refractivity contribution in [1.29, 1.82) is 0 Å². The first-order valence-corrected chi connectivity index (χ1v) is 9.16. The van der Waals surface area contributed by atoms with Gasteiger partial charge in [0, 0.05) is 57.6 Å². The summed E-state index contributed by atoms with van der Waals surface area (Å²) in [5, 5.41) is 0. The molecule has 3 rings (SSSR count). The molecule has 0 atom stereocenters. The Morgan fingerprint density at radius 2 is 1.69 bits per heavy atom. The minimum Gasteiger partial charge on any atom is -0.345 e. The fourth-order valence-electron chi connectivity index (χ4n) is 3.30. The van der Waals surface area contributed by atoms with Crippen LogP contribution in [0, 0.1) is 0 Å². The van der Waals surface area contributed by atoms with Crippen molar-refractivity contribution in [2.24, 2.45) is 0 Å². The molecule has 1 heterocycles. The number of para-hydroxylation sites is 1. The molecule has 1 aliphatic heterocycles. The van der Waals surface area contributed by atoms with Crippen molar-refractivity contribution in [3.63, 3.8) is 0 Å². The molecule has 0 radical (unpaired) electrons. The number of rotatable bonds is 6. The highest BCUT2D eigenvalue weighted by molar-refractivity contribution is 5.76. The first-order chi connectivity index (χ1) is 12.7. The van der Waals surface area contributed by atoms with Gasteiger partial charge in [-0.25, -0.2) is 0 Å². The van der Waals surface area contributed by atoms with E-state index in [1.807, 2.05) is 11.0 Å². The van der Waals surface area contributed by atoms with Gasteiger partial charge in [0.1, 0.15) is 0 Å². The average molecular weight is 349 g/mol. The first kappa shape index (κ1) is 18.2. The van der Waals surface area contributed by atoms with Crippen LogP contribution in [0.1, 0.15) is 12.0 Å². The summed E-state index contributed by atoms with van der Waals surface area (Å²) >= 11 is 0. The number of hydrogen-bond donors (Lipinski definition) is 0. The minimum absolute atomic E-state index is 0.229. The zero-order valence-corrected chi connectivity index (χ0v) is 15.5. The Morgan fingerprint density at radius 3 is 2.38 bits per heavy atom. The monoisotopic (exact) mass is 349 g/mol. The van der Waals surface area contributed by atoms with Gasteiger partial charge in [-0.3, -0.25) is 9.69 Å². The van der Waals surface area contributed by atoms with E-state index in [-0.39, 0.29) is 5.91 Å². The number of anilines is 2. The van der Waals surface area contributed by atoms with E-state index in [4.69, 9.17) is 0 Å². The predicted octanol–water partition coefficient (Wildman–Crippen LogP) is 3.67. The van der Waals surface area contributed by atoms with E-state index in [9.17, 15) is 4.79 Å². The second-order valence-corrected chi connectivity index (χ2v) is 6.72. The minimum atomic E-state index is 0.229. The number of carbonyl (C=O) groups is 1. The molecule has 26 heavy (non-hydrogen) atoms. The van der Waals surface area contributed by atoms with Crippen molar-refractivity contribution in [2.45, 2.75) is 13.0 Å². The van der Waals surface area contributed by atoms with Crippen LogP contribution >= 0.6 is 0 Å². The predicted molar refractivity (Wildman–Crippen MR) is 108 cm³/mol. The smallest absolute Gasteiger partial charge is 0.224 e. The summed E-state index contributed by atoms with van der Waals surface area (Å²) in [5.41, 5.74) is 3.62. The van der Waals surface area contributed by atoms with Crippen LogP contribution in [0.4, 0.5) is 11.4 Å². The van der Waals surface area contributed by atoms with Crippen LogP contribution in [0.3, 0.4) is 0 Å². The summed E-state index contributed by atoms with van der Waals surface area (Å²) in [7, 11) is 2.08. The number of nitrogens with zero attached hydrogens (tertiary/aromatic N) is 3. The van der Waals surface area contributed by atoms with E-state index in [2.05, 4.69) is 72.0 Å². The van der Waals surface area contributed by atoms with Crippen LogP contribution in [0.5, 0.6) is 0 Å².